The molecule has 1 rings (SSSR count). The van der Waals surface area contributed by atoms with Crippen molar-refractivity contribution in [2.24, 2.45) is 12.2 Å². The second-order valence-electron chi connectivity index (χ2n) is 4.10. The van der Waals surface area contributed by atoms with Crippen LogP contribution in [0.15, 0.2) is 11.4 Å². The number of oxime groups is 1. The average molecular weight is 181 g/mol. The van der Waals surface area contributed by atoms with E-state index in [2.05, 4.69) is 31.0 Å². The van der Waals surface area contributed by atoms with E-state index >= 15 is 0 Å². The maximum atomic E-state index is 8.44. The molecular formula is C9H15N3O. The van der Waals surface area contributed by atoms with Crippen molar-refractivity contribution in [3.63, 3.8) is 0 Å². The smallest absolute Gasteiger partial charge is 0.110 e. The molecule has 0 amide bonds. The zero-order valence-corrected chi connectivity index (χ0v) is 8.44. The topological polar surface area (TPSA) is 50.4 Å². The van der Waals surface area contributed by atoms with Crippen LogP contribution in [0.1, 0.15) is 32.0 Å². The Balaban J connectivity index is 3.19. The van der Waals surface area contributed by atoms with E-state index in [1.807, 2.05) is 13.2 Å². The van der Waals surface area contributed by atoms with Crippen molar-refractivity contribution in [2.45, 2.75) is 26.2 Å². The zero-order chi connectivity index (χ0) is 10.1. The summed E-state index contributed by atoms with van der Waals surface area (Å²) in [7, 11) is 1.85. The second kappa shape index (κ2) is 3.20. The van der Waals surface area contributed by atoms with Crippen LogP contribution in [-0.2, 0) is 12.5 Å². The van der Waals surface area contributed by atoms with E-state index in [1.165, 1.54) is 6.21 Å². The monoisotopic (exact) mass is 181 g/mol. The SMILES string of the molecule is Cn1cc(C(C)(C)C)c(/C=N/O)n1. The van der Waals surface area contributed by atoms with Crippen molar-refractivity contribution < 1.29 is 5.21 Å². The molecule has 0 saturated heterocycles. The van der Waals surface area contributed by atoms with Crippen molar-refractivity contribution in [1.82, 2.24) is 9.78 Å². The number of hydrogen-bond donors (Lipinski definition) is 1. The van der Waals surface area contributed by atoms with Gasteiger partial charge in [0.1, 0.15) is 5.69 Å². The van der Waals surface area contributed by atoms with E-state index in [0.717, 1.165) is 11.3 Å². The van der Waals surface area contributed by atoms with Crippen LogP contribution in [-0.4, -0.2) is 21.2 Å². The number of nitrogens with zero attached hydrogens (tertiary/aromatic N) is 3. The van der Waals surface area contributed by atoms with E-state index < -0.39 is 0 Å². The minimum Gasteiger partial charge on any atom is -0.411 e. The molecule has 0 bridgehead atoms. The highest BCUT2D eigenvalue weighted by Gasteiger charge is 2.19. The summed E-state index contributed by atoms with van der Waals surface area (Å²) in [6, 6.07) is 0. The summed E-state index contributed by atoms with van der Waals surface area (Å²) >= 11 is 0. The third-order valence-electron chi connectivity index (χ3n) is 1.85. The lowest BCUT2D eigenvalue weighted by atomic mass is 9.87. The molecule has 13 heavy (non-hydrogen) atoms. The third kappa shape index (κ3) is 2.08. The van der Waals surface area contributed by atoms with Crippen molar-refractivity contribution >= 4 is 6.21 Å². The van der Waals surface area contributed by atoms with Crippen LogP contribution in [0.2, 0.25) is 0 Å². The van der Waals surface area contributed by atoms with Gasteiger partial charge in [-0.1, -0.05) is 25.9 Å². The van der Waals surface area contributed by atoms with Gasteiger partial charge in [-0.05, 0) is 5.41 Å². The molecule has 0 saturated carbocycles. The van der Waals surface area contributed by atoms with E-state index in [0.29, 0.717) is 0 Å². The van der Waals surface area contributed by atoms with Crippen molar-refractivity contribution in [2.75, 3.05) is 0 Å². The Labute approximate surface area is 77.9 Å². The Morgan fingerprint density at radius 2 is 2.15 bits per heavy atom. The van der Waals surface area contributed by atoms with Gasteiger partial charge < -0.3 is 5.21 Å². The Morgan fingerprint density at radius 1 is 1.54 bits per heavy atom. The second-order valence-corrected chi connectivity index (χ2v) is 4.10. The Morgan fingerprint density at radius 3 is 2.62 bits per heavy atom. The molecule has 4 nitrogen and oxygen atoms in total. The first kappa shape index (κ1) is 9.77. The van der Waals surface area contributed by atoms with Crippen LogP contribution >= 0.6 is 0 Å². The standard InChI is InChI=1S/C9H15N3O/c1-9(2,3)7-6-12(4)11-8(7)5-10-13/h5-6,13H,1-4H3/b10-5+. The molecule has 0 fully saturated rings. The van der Waals surface area contributed by atoms with Crippen LogP contribution in [0.5, 0.6) is 0 Å². The van der Waals surface area contributed by atoms with Gasteiger partial charge in [0.2, 0.25) is 0 Å². The molecular weight excluding hydrogens is 166 g/mol. The van der Waals surface area contributed by atoms with Gasteiger partial charge in [-0.15, -0.1) is 0 Å². The zero-order valence-electron chi connectivity index (χ0n) is 8.44. The summed E-state index contributed by atoms with van der Waals surface area (Å²) in [4.78, 5) is 0. The highest BCUT2D eigenvalue weighted by molar-refractivity contribution is 5.78. The van der Waals surface area contributed by atoms with E-state index in [-0.39, 0.29) is 5.41 Å². The minimum atomic E-state index is 0.0186. The summed E-state index contributed by atoms with van der Waals surface area (Å²) in [6.07, 6.45) is 3.30. The molecule has 4 heteroatoms. The maximum Gasteiger partial charge on any atom is 0.110 e. The summed E-state index contributed by atoms with van der Waals surface area (Å²) in [5.41, 5.74) is 1.82. The first-order valence-corrected chi connectivity index (χ1v) is 4.16. The highest BCUT2D eigenvalue weighted by Crippen LogP contribution is 2.23. The quantitative estimate of drug-likeness (QED) is 0.406. The van der Waals surface area contributed by atoms with Crippen LogP contribution in [0, 0.1) is 0 Å². The molecule has 0 aliphatic rings. The van der Waals surface area contributed by atoms with Crippen molar-refractivity contribution in [3.05, 3.63) is 17.5 Å². The molecule has 1 aromatic heterocycles. The summed E-state index contributed by atoms with van der Waals surface area (Å²) in [5, 5.41) is 15.6. The Bertz CT molecular complexity index is 320. The van der Waals surface area contributed by atoms with Crippen LogP contribution < -0.4 is 0 Å². The molecule has 72 valence electrons. The Kier molecular flexibility index (Phi) is 2.40. The Hall–Kier alpha value is -1.32. The van der Waals surface area contributed by atoms with Gasteiger partial charge in [-0.25, -0.2) is 0 Å². The van der Waals surface area contributed by atoms with Gasteiger partial charge in [0.25, 0.3) is 0 Å². The molecule has 1 N–H and O–H groups in total. The van der Waals surface area contributed by atoms with Crippen LogP contribution in [0.3, 0.4) is 0 Å². The molecule has 0 spiro atoms. The fraction of sp³-hybridized carbons (Fsp3) is 0.556. The number of aromatic nitrogens is 2. The highest BCUT2D eigenvalue weighted by atomic mass is 16.4. The van der Waals surface area contributed by atoms with Gasteiger partial charge in [-0.2, -0.15) is 5.10 Å². The van der Waals surface area contributed by atoms with E-state index in [9.17, 15) is 0 Å². The molecule has 1 heterocycles. The largest absolute Gasteiger partial charge is 0.411 e. The van der Waals surface area contributed by atoms with Crippen LogP contribution in [0.25, 0.3) is 0 Å². The molecule has 0 atom stereocenters. The van der Waals surface area contributed by atoms with Gasteiger partial charge in [-0.3, -0.25) is 4.68 Å². The lowest BCUT2D eigenvalue weighted by Crippen LogP contribution is -2.12. The van der Waals surface area contributed by atoms with Crippen LogP contribution in [0.4, 0.5) is 0 Å². The minimum absolute atomic E-state index is 0.0186. The summed E-state index contributed by atoms with van der Waals surface area (Å²) < 4.78 is 1.72. The molecule has 0 radical (unpaired) electrons. The third-order valence-corrected chi connectivity index (χ3v) is 1.85. The number of hydrogen-bond acceptors (Lipinski definition) is 3. The van der Waals surface area contributed by atoms with Gasteiger partial charge in [0, 0.05) is 18.8 Å². The lowest BCUT2D eigenvalue weighted by Gasteiger charge is -2.16. The predicted octanol–water partition coefficient (Wildman–Crippen LogP) is 1.53. The lowest BCUT2D eigenvalue weighted by molar-refractivity contribution is 0.321. The van der Waals surface area contributed by atoms with Crippen molar-refractivity contribution in [3.8, 4) is 0 Å². The molecule has 1 aromatic rings. The number of rotatable bonds is 1. The summed E-state index contributed by atoms with van der Waals surface area (Å²) in [6.45, 7) is 6.29. The maximum absolute atomic E-state index is 8.44. The normalized spacial score (nSPS) is 12.6. The fourth-order valence-electron chi connectivity index (χ4n) is 1.23. The molecule has 0 aromatic carbocycles. The molecule has 0 aliphatic carbocycles. The van der Waals surface area contributed by atoms with Gasteiger partial charge in [0.05, 0.1) is 6.21 Å². The van der Waals surface area contributed by atoms with E-state index in [1.54, 1.807) is 4.68 Å². The van der Waals surface area contributed by atoms with Gasteiger partial charge >= 0.3 is 0 Å². The van der Waals surface area contributed by atoms with E-state index in [4.69, 9.17) is 5.21 Å². The first-order chi connectivity index (χ1) is 5.95. The van der Waals surface area contributed by atoms with Gasteiger partial charge in [0.15, 0.2) is 0 Å². The fourth-order valence-corrected chi connectivity index (χ4v) is 1.23. The molecule has 0 aliphatic heterocycles. The summed E-state index contributed by atoms with van der Waals surface area (Å²) in [5.74, 6) is 0. The predicted molar refractivity (Wildman–Crippen MR) is 51.3 cm³/mol. The number of aryl methyl sites for hydroxylation is 1. The average Bonchev–Trinajstić information content (AvgIpc) is 2.30. The molecule has 0 unspecified atom stereocenters. The first-order valence-electron chi connectivity index (χ1n) is 4.16. The van der Waals surface area contributed by atoms with Crippen molar-refractivity contribution in [1.29, 1.82) is 0 Å².